The zero-order chi connectivity index (χ0) is 16.4. The van der Waals surface area contributed by atoms with Gasteiger partial charge in [0, 0.05) is 11.3 Å². The molecule has 1 aromatic heterocycles. The molecule has 6 heteroatoms. The lowest BCUT2D eigenvalue weighted by atomic mass is 10.0. The number of nitrogens with zero attached hydrogens (tertiary/aromatic N) is 1. The highest BCUT2D eigenvalue weighted by Crippen LogP contribution is 2.33. The largest absolute Gasteiger partial charge is 0.379 e. The Labute approximate surface area is 144 Å². The van der Waals surface area contributed by atoms with Crippen molar-refractivity contribution in [3.8, 4) is 10.6 Å². The molecule has 2 unspecified atom stereocenters. The van der Waals surface area contributed by atoms with E-state index in [1.54, 1.807) is 23.1 Å². The maximum atomic E-state index is 12.3. The third kappa shape index (κ3) is 3.44. The van der Waals surface area contributed by atoms with Crippen LogP contribution < -0.4 is 5.32 Å². The summed E-state index contributed by atoms with van der Waals surface area (Å²) in [5.41, 5.74) is 0.783. The third-order valence-electron chi connectivity index (χ3n) is 4.02. The summed E-state index contributed by atoms with van der Waals surface area (Å²) < 4.78 is 0. The van der Waals surface area contributed by atoms with E-state index >= 15 is 0 Å². The molecule has 0 spiro atoms. The number of hydrogen-bond donors (Lipinski definition) is 2. The van der Waals surface area contributed by atoms with Gasteiger partial charge in [-0.25, -0.2) is 4.98 Å². The number of amides is 1. The summed E-state index contributed by atoms with van der Waals surface area (Å²) in [6.07, 6.45) is 0.521. The average Bonchev–Trinajstić information content (AvgIpc) is 3.15. The van der Waals surface area contributed by atoms with Crippen molar-refractivity contribution >= 4 is 29.0 Å². The number of thioether (sulfide) groups is 1. The SMILES string of the molecule is Cc1nc(-c2ccccc2)sc1C(C)NC(=O)C1(O)CCSC1. The van der Waals surface area contributed by atoms with Crippen LogP contribution in [0.1, 0.15) is 30.0 Å². The standard InChI is InChI=1S/C17H20N2O2S2/c1-11-14(23-15(18-11)13-6-4-3-5-7-13)12(2)19-16(20)17(21)8-9-22-10-17/h3-7,12,21H,8-10H2,1-2H3,(H,19,20). The molecule has 3 rings (SSSR count). The molecule has 0 radical (unpaired) electrons. The van der Waals surface area contributed by atoms with E-state index in [4.69, 9.17) is 0 Å². The lowest BCUT2D eigenvalue weighted by Gasteiger charge is -2.23. The molecule has 1 amide bonds. The topological polar surface area (TPSA) is 62.2 Å². The number of nitrogens with one attached hydrogen (secondary N) is 1. The number of carbonyl (C=O) groups is 1. The van der Waals surface area contributed by atoms with E-state index in [9.17, 15) is 9.90 Å². The fraction of sp³-hybridized carbons (Fsp3) is 0.412. The minimum Gasteiger partial charge on any atom is -0.379 e. The number of benzene rings is 1. The molecule has 4 nitrogen and oxygen atoms in total. The molecule has 0 saturated carbocycles. The van der Waals surface area contributed by atoms with Crippen LogP contribution in [0.15, 0.2) is 30.3 Å². The highest BCUT2D eigenvalue weighted by Gasteiger charge is 2.40. The maximum absolute atomic E-state index is 12.3. The molecular weight excluding hydrogens is 328 g/mol. The van der Waals surface area contributed by atoms with Crippen LogP contribution >= 0.6 is 23.1 Å². The molecule has 2 atom stereocenters. The van der Waals surface area contributed by atoms with Crippen LogP contribution in [0.5, 0.6) is 0 Å². The van der Waals surface area contributed by atoms with Gasteiger partial charge in [0.25, 0.3) is 5.91 Å². The first kappa shape index (κ1) is 16.5. The molecule has 1 aromatic carbocycles. The predicted octanol–water partition coefficient (Wildman–Crippen LogP) is 3.16. The number of aryl methyl sites for hydroxylation is 1. The molecule has 2 aromatic rings. The Balaban J connectivity index is 1.76. The van der Waals surface area contributed by atoms with Gasteiger partial charge in [0.15, 0.2) is 5.60 Å². The lowest BCUT2D eigenvalue weighted by Crippen LogP contribution is -2.47. The van der Waals surface area contributed by atoms with Crippen LogP contribution in [0, 0.1) is 6.92 Å². The van der Waals surface area contributed by atoms with Crippen LogP contribution in [0.4, 0.5) is 0 Å². The first-order chi connectivity index (χ1) is 11.0. The summed E-state index contributed by atoms with van der Waals surface area (Å²) in [6.45, 7) is 3.90. The van der Waals surface area contributed by atoms with E-state index in [0.717, 1.165) is 26.9 Å². The number of thiazole rings is 1. The second-order valence-electron chi connectivity index (χ2n) is 5.86. The van der Waals surface area contributed by atoms with Crippen LogP contribution in [0.3, 0.4) is 0 Å². The maximum Gasteiger partial charge on any atom is 0.253 e. The Morgan fingerprint density at radius 3 is 2.78 bits per heavy atom. The van der Waals surface area contributed by atoms with Crippen molar-refractivity contribution in [2.24, 2.45) is 0 Å². The minimum atomic E-state index is -1.22. The van der Waals surface area contributed by atoms with Gasteiger partial charge in [-0.2, -0.15) is 11.8 Å². The number of aromatic nitrogens is 1. The molecule has 2 heterocycles. The van der Waals surface area contributed by atoms with Crippen molar-refractivity contribution in [1.29, 1.82) is 0 Å². The highest BCUT2D eigenvalue weighted by atomic mass is 32.2. The van der Waals surface area contributed by atoms with Crippen LogP contribution in [0.25, 0.3) is 10.6 Å². The summed E-state index contributed by atoms with van der Waals surface area (Å²) in [6, 6.07) is 9.86. The van der Waals surface area contributed by atoms with Gasteiger partial charge in [-0.1, -0.05) is 30.3 Å². The fourth-order valence-corrected chi connectivity index (χ4v) is 4.96. The van der Waals surface area contributed by atoms with E-state index in [0.29, 0.717) is 12.2 Å². The molecule has 23 heavy (non-hydrogen) atoms. The van der Waals surface area contributed by atoms with E-state index < -0.39 is 5.60 Å². The monoisotopic (exact) mass is 348 g/mol. The predicted molar refractivity (Wildman–Crippen MR) is 95.7 cm³/mol. The Kier molecular flexibility index (Phi) is 4.75. The molecule has 2 N–H and O–H groups in total. The van der Waals surface area contributed by atoms with E-state index in [2.05, 4.69) is 10.3 Å². The lowest BCUT2D eigenvalue weighted by molar-refractivity contribution is -0.137. The summed E-state index contributed by atoms with van der Waals surface area (Å²) in [5, 5.41) is 14.3. The number of rotatable bonds is 4. The van der Waals surface area contributed by atoms with Crippen molar-refractivity contribution in [3.05, 3.63) is 40.9 Å². The Morgan fingerprint density at radius 2 is 2.13 bits per heavy atom. The van der Waals surface area contributed by atoms with Crippen molar-refractivity contribution < 1.29 is 9.90 Å². The quantitative estimate of drug-likeness (QED) is 0.891. The first-order valence-corrected chi connectivity index (χ1v) is 9.60. The van der Waals surface area contributed by atoms with Gasteiger partial charge in [0.05, 0.1) is 16.6 Å². The van der Waals surface area contributed by atoms with Crippen LogP contribution in [0.2, 0.25) is 0 Å². The van der Waals surface area contributed by atoms with Crippen LogP contribution in [-0.4, -0.2) is 33.1 Å². The smallest absolute Gasteiger partial charge is 0.253 e. The molecule has 1 fully saturated rings. The van der Waals surface area contributed by atoms with E-state index in [-0.39, 0.29) is 11.9 Å². The molecule has 122 valence electrons. The van der Waals surface area contributed by atoms with Gasteiger partial charge in [0.2, 0.25) is 0 Å². The first-order valence-electron chi connectivity index (χ1n) is 7.63. The summed E-state index contributed by atoms with van der Waals surface area (Å²) >= 11 is 3.21. The van der Waals surface area contributed by atoms with Crippen LogP contribution in [-0.2, 0) is 4.79 Å². The number of carbonyl (C=O) groups excluding carboxylic acids is 1. The van der Waals surface area contributed by atoms with E-state index in [1.807, 2.05) is 44.2 Å². The molecule has 0 bridgehead atoms. The van der Waals surface area contributed by atoms with Gasteiger partial charge in [-0.3, -0.25) is 4.79 Å². The summed E-state index contributed by atoms with van der Waals surface area (Å²) in [4.78, 5) is 18.0. The molecule has 1 aliphatic heterocycles. The summed E-state index contributed by atoms with van der Waals surface area (Å²) in [5.74, 6) is 1.03. The van der Waals surface area contributed by atoms with Gasteiger partial charge in [-0.05, 0) is 26.0 Å². The Bertz CT molecular complexity index is 694. The third-order valence-corrected chi connectivity index (χ3v) is 6.58. The number of aliphatic hydroxyl groups is 1. The van der Waals surface area contributed by atoms with Crippen molar-refractivity contribution in [1.82, 2.24) is 10.3 Å². The minimum absolute atomic E-state index is 0.160. The Hall–Kier alpha value is -1.37. The zero-order valence-electron chi connectivity index (χ0n) is 13.2. The number of hydrogen-bond acceptors (Lipinski definition) is 5. The molecule has 0 aliphatic carbocycles. The highest BCUT2D eigenvalue weighted by molar-refractivity contribution is 7.99. The van der Waals surface area contributed by atoms with Gasteiger partial charge in [-0.15, -0.1) is 11.3 Å². The van der Waals surface area contributed by atoms with Gasteiger partial charge < -0.3 is 10.4 Å². The molecule has 1 saturated heterocycles. The van der Waals surface area contributed by atoms with Crippen molar-refractivity contribution in [3.63, 3.8) is 0 Å². The van der Waals surface area contributed by atoms with Gasteiger partial charge >= 0.3 is 0 Å². The fourth-order valence-electron chi connectivity index (χ4n) is 2.64. The normalized spacial score (nSPS) is 22.0. The van der Waals surface area contributed by atoms with Crippen molar-refractivity contribution in [2.75, 3.05) is 11.5 Å². The van der Waals surface area contributed by atoms with Gasteiger partial charge in [0.1, 0.15) is 5.01 Å². The second kappa shape index (κ2) is 6.63. The van der Waals surface area contributed by atoms with E-state index in [1.165, 1.54) is 0 Å². The second-order valence-corrected chi connectivity index (χ2v) is 8.00. The average molecular weight is 348 g/mol. The zero-order valence-corrected chi connectivity index (χ0v) is 14.8. The Morgan fingerprint density at radius 1 is 1.39 bits per heavy atom. The molecular formula is C17H20N2O2S2. The summed E-state index contributed by atoms with van der Waals surface area (Å²) in [7, 11) is 0. The van der Waals surface area contributed by atoms with Crippen molar-refractivity contribution in [2.45, 2.75) is 31.9 Å². The molecule has 1 aliphatic rings.